The smallest absolute Gasteiger partial charge is 0.282 e. The molecule has 1 atom stereocenters. The first-order valence-electron chi connectivity index (χ1n) is 9.63. The highest BCUT2D eigenvalue weighted by atomic mass is 19.3. The zero-order valence-corrected chi connectivity index (χ0v) is 15.8. The Morgan fingerprint density at radius 1 is 1.29 bits per heavy atom. The fourth-order valence-electron chi connectivity index (χ4n) is 4.23. The summed E-state index contributed by atoms with van der Waals surface area (Å²) in [5.74, 6) is 0.771. The van der Waals surface area contributed by atoms with E-state index in [4.69, 9.17) is 0 Å². The number of alkyl halides is 2. The summed E-state index contributed by atoms with van der Waals surface area (Å²) >= 11 is 0. The van der Waals surface area contributed by atoms with E-state index in [9.17, 15) is 18.4 Å². The summed E-state index contributed by atoms with van der Waals surface area (Å²) in [5.41, 5.74) is 0.961. The lowest BCUT2D eigenvalue weighted by Gasteiger charge is -2.34. The van der Waals surface area contributed by atoms with Crippen LogP contribution >= 0.6 is 0 Å². The number of rotatable bonds is 4. The molecule has 150 valence electrons. The molecule has 4 heterocycles. The minimum atomic E-state index is -2.65. The molecule has 1 amide bonds. The van der Waals surface area contributed by atoms with Crippen LogP contribution in [0.1, 0.15) is 54.5 Å². The highest BCUT2D eigenvalue weighted by Crippen LogP contribution is 2.29. The summed E-state index contributed by atoms with van der Waals surface area (Å²) < 4.78 is 29.1. The van der Waals surface area contributed by atoms with Crippen LogP contribution in [0, 0.1) is 6.92 Å². The molecule has 7 nitrogen and oxygen atoms in total. The minimum Gasteiger partial charge on any atom is -0.340 e. The number of nitrogens with zero attached hydrogens (tertiary/aromatic N) is 5. The topological polar surface area (TPSA) is 73.0 Å². The lowest BCUT2D eigenvalue weighted by molar-refractivity contribution is -0.133. The first-order chi connectivity index (χ1) is 13.4. The van der Waals surface area contributed by atoms with Crippen molar-refractivity contribution in [1.82, 2.24) is 24.2 Å². The summed E-state index contributed by atoms with van der Waals surface area (Å²) in [6.45, 7) is 3.60. The molecule has 0 saturated carbocycles. The van der Waals surface area contributed by atoms with Crippen molar-refractivity contribution in [2.45, 2.75) is 58.0 Å². The SMILES string of the molecule is Cc1cc(C(F)F)nn1CC(=O)N1CCC[C@H](c2cc(=O)nc3n2CCC3)C1. The molecule has 0 aliphatic carbocycles. The van der Waals surface area contributed by atoms with Gasteiger partial charge in [0, 0.05) is 49.4 Å². The van der Waals surface area contributed by atoms with Crippen molar-refractivity contribution in [2.24, 2.45) is 0 Å². The minimum absolute atomic E-state index is 0.0559. The molecule has 1 fully saturated rings. The number of hydrogen-bond acceptors (Lipinski definition) is 4. The van der Waals surface area contributed by atoms with Crippen LogP contribution in [0.4, 0.5) is 8.78 Å². The maximum atomic E-state index is 12.8. The number of carbonyl (C=O) groups is 1. The number of hydrogen-bond donors (Lipinski definition) is 0. The molecule has 2 aromatic rings. The quantitative estimate of drug-likeness (QED) is 0.800. The van der Waals surface area contributed by atoms with Gasteiger partial charge in [-0.1, -0.05) is 0 Å². The van der Waals surface area contributed by atoms with E-state index >= 15 is 0 Å². The van der Waals surface area contributed by atoms with E-state index in [2.05, 4.69) is 14.6 Å². The van der Waals surface area contributed by atoms with Crippen LogP contribution in [0.5, 0.6) is 0 Å². The third-order valence-corrected chi connectivity index (χ3v) is 5.62. The van der Waals surface area contributed by atoms with Gasteiger partial charge in [0.1, 0.15) is 18.1 Å². The Labute approximate surface area is 161 Å². The number of halogens is 2. The Bertz CT molecular complexity index is 952. The van der Waals surface area contributed by atoms with E-state index in [-0.39, 0.29) is 29.6 Å². The van der Waals surface area contributed by atoms with Crippen LogP contribution in [-0.2, 0) is 24.3 Å². The van der Waals surface area contributed by atoms with Crippen LogP contribution in [0.25, 0.3) is 0 Å². The van der Waals surface area contributed by atoms with Crippen molar-refractivity contribution >= 4 is 5.91 Å². The van der Waals surface area contributed by atoms with Gasteiger partial charge in [0.15, 0.2) is 0 Å². The molecule has 1 saturated heterocycles. The Hall–Kier alpha value is -2.58. The predicted molar refractivity (Wildman–Crippen MR) is 97.3 cm³/mol. The average Bonchev–Trinajstić information content (AvgIpc) is 3.28. The Morgan fingerprint density at radius 2 is 2.11 bits per heavy atom. The van der Waals surface area contributed by atoms with E-state index in [1.807, 2.05) is 0 Å². The van der Waals surface area contributed by atoms with Gasteiger partial charge in [-0.2, -0.15) is 10.1 Å². The zero-order chi connectivity index (χ0) is 19.8. The lowest BCUT2D eigenvalue weighted by atomic mass is 9.94. The predicted octanol–water partition coefficient (Wildman–Crippen LogP) is 2.04. The molecule has 0 aromatic carbocycles. The van der Waals surface area contributed by atoms with Crippen molar-refractivity contribution in [1.29, 1.82) is 0 Å². The second kappa shape index (κ2) is 7.44. The number of likely N-dealkylation sites (tertiary alicyclic amines) is 1. The summed E-state index contributed by atoms with van der Waals surface area (Å²) in [4.78, 5) is 30.6. The fourth-order valence-corrected chi connectivity index (χ4v) is 4.23. The number of aryl methyl sites for hydroxylation is 2. The van der Waals surface area contributed by atoms with E-state index in [1.165, 1.54) is 10.7 Å². The highest BCUT2D eigenvalue weighted by Gasteiger charge is 2.29. The van der Waals surface area contributed by atoms with Gasteiger partial charge < -0.3 is 9.47 Å². The van der Waals surface area contributed by atoms with Crippen LogP contribution in [0.3, 0.4) is 0 Å². The van der Waals surface area contributed by atoms with Crippen molar-refractivity contribution < 1.29 is 13.6 Å². The average molecular weight is 391 g/mol. The Balaban J connectivity index is 1.50. The second-order valence-electron chi connectivity index (χ2n) is 7.54. The molecular weight excluding hydrogens is 368 g/mol. The van der Waals surface area contributed by atoms with Crippen molar-refractivity contribution in [3.05, 3.63) is 45.4 Å². The van der Waals surface area contributed by atoms with Crippen LogP contribution in [0.2, 0.25) is 0 Å². The molecule has 2 aliphatic rings. The number of fused-ring (bicyclic) bond motifs is 1. The Morgan fingerprint density at radius 3 is 2.86 bits per heavy atom. The first-order valence-corrected chi connectivity index (χ1v) is 9.63. The Kier molecular flexibility index (Phi) is 4.99. The van der Waals surface area contributed by atoms with Crippen LogP contribution in [0.15, 0.2) is 16.9 Å². The normalized spacial score (nSPS) is 19.3. The molecule has 9 heteroatoms. The van der Waals surface area contributed by atoms with Crippen LogP contribution in [-0.4, -0.2) is 43.2 Å². The van der Waals surface area contributed by atoms with Crippen LogP contribution < -0.4 is 5.56 Å². The van der Waals surface area contributed by atoms with Gasteiger partial charge in [0.25, 0.3) is 12.0 Å². The summed E-state index contributed by atoms with van der Waals surface area (Å²) in [6, 6.07) is 2.91. The molecule has 2 aliphatic heterocycles. The van der Waals surface area contributed by atoms with Gasteiger partial charge in [0.2, 0.25) is 5.91 Å². The zero-order valence-electron chi connectivity index (χ0n) is 15.8. The summed E-state index contributed by atoms with van der Waals surface area (Å²) in [6.07, 6.45) is 0.875. The van der Waals surface area contributed by atoms with Gasteiger partial charge in [0.05, 0.1) is 0 Å². The monoisotopic (exact) mass is 391 g/mol. The van der Waals surface area contributed by atoms with E-state index in [0.29, 0.717) is 18.8 Å². The lowest BCUT2D eigenvalue weighted by Crippen LogP contribution is -2.42. The number of aromatic nitrogens is 4. The van der Waals surface area contributed by atoms with E-state index < -0.39 is 6.43 Å². The molecule has 0 radical (unpaired) electrons. The molecule has 4 rings (SSSR count). The number of amides is 1. The fraction of sp³-hybridized carbons (Fsp3) is 0.579. The van der Waals surface area contributed by atoms with Crippen molar-refractivity contribution in [3.8, 4) is 0 Å². The van der Waals surface area contributed by atoms with Crippen molar-refractivity contribution in [2.75, 3.05) is 13.1 Å². The third-order valence-electron chi connectivity index (χ3n) is 5.62. The number of carbonyl (C=O) groups excluding carboxylic acids is 1. The van der Waals surface area contributed by atoms with Gasteiger partial charge in [-0.25, -0.2) is 8.78 Å². The summed E-state index contributed by atoms with van der Waals surface area (Å²) in [7, 11) is 0. The van der Waals surface area contributed by atoms with E-state index in [0.717, 1.165) is 43.7 Å². The maximum Gasteiger partial charge on any atom is 0.282 e. The number of piperidine rings is 1. The molecule has 0 unspecified atom stereocenters. The standard InChI is InChI=1S/C19H23F2N5O2/c1-12-8-14(19(20)21)23-26(12)11-18(28)24-6-2-4-13(10-24)15-9-17(27)22-16-5-3-7-25(15)16/h8-9,13,19H,2-7,10-11H2,1H3/t13-/m0/s1. The second-order valence-corrected chi connectivity index (χ2v) is 7.54. The van der Waals surface area contributed by atoms with Gasteiger partial charge in [-0.05, 0) is 32.3 Å². The molecule has 0 spiro atoms. The maximum absolute atomic E-state index is 12.8. The molecule has 0 bridgehead atoms. The first kappa shape index (κ1) is 18.8. The largest absolute Gasteiger partial charge is 0.340 e. The van der Waals surface area contributed by atoms with Gasteiger partial charge >= 0.3 is 0 Å². The molecule has 0 N–H and O–H groups in total. The highest BCUT2D eigenvalue weighted by molar-refractivity contribution is 5.76. The van der Waals surface area contributed by atoms with Gasteiger partial charge in [-0.15, -0.1) is 0 Å². The van der Waals surface area contributed by atoms with Crippen molar-refractivity contribution in [3.63, 3.8) is 0 Å². The molecular formula is C19H23F2N5O2. The third kappa shape index (κ3) is 3.57. The summed E-state index contributed by atoms with van der Waals surface area (Å²) in [5, 5.41) is 3.85. The molecule has 28 heavy (non-hydrogen) atoms. The molecule has 2 aromatic heterocycles. The van der Waals surface area contributed by atoms with Gasteiger partial charge in [-0.3, -0.25) is 14.3 Å². The van der Waals surface area contributed by atoms with E-state index in [1.54, 1.807) is 17.9 Å².